The molecule has 44 heavy (non-hydrogen) atoms. The van der Waals surface area contributed by atoms with Gasteiger partial charge in [0.2, 0.25) is 5.91 Å². The number of azide groups is 1. The number of benzene rings is 1. The molecule has 3 rings (SSSR count). The Labute approximate surface area is 257 Å². The van der Waals surface area contributed by atoms with Gasteiger partial charge in [0, 0.05) is 47.5 Å². The van der Waals surface area contributed by atoms with Crippen LogP contribution in [0.25, 0.3) is 10.4 Å². The molecule has 1 amide bonds. The fraction of sp³-hybridized carbons (Fsp3) is 0.536. The van der Waals surface area contributed by atoms with E-state index in [2.05, 4.69) is 20.3 Å². The van der Waals surface area contributed by atoms with Crippen LogP contribution in [0.2, 0.25) is 0 Å². The number of esters is 2. The molecular weight excluding hydrogens is 594 g/mol. The zero-order valence-corrected chi connectivity index (χ0v) is 25.6. The molecule has 3 atom stereocenters. The van der Waals surface area contributed by atoms with Gasteiger partial charge in [-0.15, -0.1) is 0 Å². The van der Waals surface area contributed by atoms with E-state index >= 15 is 0 Å². The first-order valence-electron chi connectivity index (χ1n) is 13.9. The number of carbonyl (C=O) groups excluding carboxylic acids is 3. The summed E-state index contributed by atoms with van der Waals surface area (Å²) in [7, 11) is 0. The number of hydrogen-bond donors (Lipinski definition) is 3. The normalized spacial score (nSPS) is 17.9. The molecular formula is C28H37N7O8S. The van der Waals surface area contributed by atoms with Crippen molar-refractivity contribution in [2.75, 3.05) is 19.1 Å². The van der Waals surface area contributed by atoms with Crippen molar-refractivity contribution in [2.24, 2.45) is 16.3 Å². The van der Waals surface area contributed by atoms with Gasteiger partial charge in [-0.3, -0.25) is 28.7 Å². The van der Waals surface area contributed by atoms with Crippen LogP contribution in [0.4, 0.5) is 0 Å². The second kappa shape index (κ2) is 16.1. The summed E-state index contributed by atoms with van der Waals surface area (Å²) in [5.74, 6) is -1.36. The summed E-state index contributed by atoms with van der Waals surface area (Å²) in [5.41, 5.74) is 13.5. The molecule has 4 N–H and O–H groups in total. The lowest BCUT2D eigenvalue weighted by Crippen LogP contribution is -2.33. The first-order chi connectivity index (χ1) is 20.9. The minimum absolute atomic E-state index is 0.0309. The third-order valence-electron chi connectivity index (χ3n) is 6.79. The number of nitrogens with two attached hydrogens (primary N) is 1. The zero-order chi connectivity index (χ0) is 32.3. The summed E-state index contributed by atoms with van der Waals surface area (Å²) >= 11 is 1.35. The van der Waals surface area contributed by atoms with Crippen molar-refractivity contribution < 1.29 is 28.6 Å². The van der Waals surface area contributed by atoms with E-state index in [9.17, 15) is 24.0 Å². The molecule has 15 nitrogen and oxygen atoms in total. The van der Waals surface area contributed by atoms with E-state index in [0.717, 1.165) is 10.5 Å². The Kier molecular flexibility index (Phi) is 12.6. The SMILES string of the molecule is Cc1cn([C@H]2C[C@H](N=[N+]=[N-])[C@@H](COC(=O)CC(C)(C)CC(=O)OCSc3ccccc3CNCCC(N)=O)O2)c(=O)[nH]c1=O. The summed E-state index contributed by atoms with van der Waals surface area (Å²) in [4.78, 5) is 66.0. The van der Waals surface area contributed by atoms with Gasteiger partial charge in [-0.2, -0.15) is 0 Å². The zero-order valence-electron chi connectivity index (χ0n) is 24.8. The number of nitrogens with one attached hydrogen (secondary N) is 2. The van der Waals surface area contributed by atoms with Gasteiger partial charge < -0.3 is 25.3 Å². The number of primary amides is 1. The fourth-order valence-electron chi connectivity index (χ4n) is 4.53. The third-order valence-corrected chi connectivity index (χ3v) is 7.73. The Bertz CT molecular complexity index is 1500. The minimum atomic E-state index is -0.827. The fourth-order valence-corrected chi connectivity index (χ4v) is 5.35. The molecule has 16 heteroatoms. The van der Waals surface area contributed by atoms with Gasteiger partial charge in [0.15, 0.2) is 0 Å². The van der Waals surface area contributed by atoms with Crippen molar-refractivity contribution in [3.05, 3.63) is 72.9 Å². The maximum absolute atomic E-state index is 12.7. The standard InChI is InChI=1S/C28H37N7O8S/c1-17-14-35(27(40)32-26(17)39)23-10-19(33-34-30)20(43-23)15-41-24(37)11-28(2,3)12-25(38)42-16-44-21-7-5-4-6-18(21)13-31-9-8-22(29)36/h4-7,14,19-20,23,31H,8-13,15-16H2,1-3H3,(H2,29,36)(H,32,39,40)/t19-,20+,23+/m0/s1. The van der Waals surface area contributed by atoms with E-state index in [4.69, 9.17) is 25.5 Å². The summed E-state index contributed by atoms with van der Waals surface area (Å²) in [6, 6.07) is 6.90. The number of thioether (sulfide) groups is 1. The Hall–Kier alpha value is -4.11. The van der Waals surface area contributed by atoms with E-state index in [1.54, 1.807) is 20.8 Å². The van der Waals surface area contributed by atoms with Gasteiger partial charge in [0.1, 0.15) is 24.9 Å². The van der Waals surface area contributed by atoms with Crippen LogP contribution in [-0.2, 0) is 35.1 Å². The average molecular weight is 632 g/mol. The second-order valence-corrected chi connectivity index (χ2v) is 12.1. The highest BCUT2D eigenvalue weighted by atomic mass is 32.2. The molecule has 0 radical (unpaired) electrons. The molecule has 238 valence electrons. The highest BCUT2D eigenvalue weighted by Crippen LogP contribution is 2.31. The van der Waals surface area contributed by atoms with Crippen LogP contribution in [0.3, 0.4) is 0 Å². The number of nitrogens with zero attached hydrogens (tertiary/aromatic N) is 4. The number of aromatic nitrogens is 2. The Balaban J connectivity index is 1.46. The molecule has 0 saturated carbocycles. The minimum Gasteiger partial charge on any atom is -0.463 e. The second-order valence-electron chi connectivity index (χ2n) is 11.1. The van der Waals surface area contributed by atoms with Gasteiger partial charge in [-0.1, -0.05) is 48.9 Å². The van der Waals surface area contributed by atoms with Crippen molar-refractivity contribution >= 4 is 29.6 Å². The number of carbonyl (C=O) groups is 3. The lowest BCUT2D eigenvalue weighted by Gasteiger charge is -2.23. The predicted molar refractivity (Wildman–Crippen MR) is 160 cm³/mol. The third kappa shape index (κ3) is 10.6. The van der Waals surface area contributed by atoms with Crippen LogP contribution in [0.5, 0.6) is 0 Å². The lowest BCUT2D eigenvalue weighted by molar-refractivity contribution is -0.152. The summed E-state index contributed by atoms with van der Waals surface area (Å²) in [6.07, 6.45) is -0.0207. The number of aryl methyl sites for hydroxylation is 1. The van der Waals surface area contributed by atoms with Crippen LogP contribution in [0.1, 0.15) is 56.9 Å². The summed E-state index contributed by atoms with van der Waals surface area (Å²) < 4.78 is 17.9. The molecule has 0 spiro atoms. The Morgan fingerprint density at radius 1 is 1.23 bits per heavy atom. The van der Waals surface area contributed by atoms with Gasteiger partial charge >= 0.3 is 17.6 Å². The van der Waals surface area contributed by atoms with Gasteiger partial charge in [-0.05, 0) is 29.5 Å². The maximum Gasteiger partial charge on any atom is 0.330 e. The molecule has 0 aliphatic carbocycles. The van der Waals surface area contributed by atoms with E-state index in [1.807, 2.05) is 24.3 Å². The summed E-state index contributed by atoms with van der Waals surface area (Å²) in [6.45, 7) is 5.78. The topological polar surface area (TPSA) is 221 Å². The number of hydrogen-bond acceptors (Lipinski definition) is 11. The average Bonchev–Trinajstić information content (AvgIpc) is 3.34. The molecule has 2 heterocycles. The maximum atomic E-state index is 12.7. The predicted octanol–water partition coefficient (Wildman–Crippen LogP) is 2.42. The smallest absolute Gasteiger partial charge is 0.330 e. The van der Waals surface area contributed by atoms with Crippen LogP contribution >= 0.6 is 11.8 Å². The Morgan fingerprint density at radius 2 is 1.93 bits per heavy atom. The number of rotatable bonds is 16. The number of amides is 1. The first-order valence-corrected chi connectivity index (χ1v) is 14.9. The van der Waals surface area contributed by atoms with Crippen LogP contribution in [0.15, 0.2) is 50.1 Å². The number of H-pyrrole nitrogens is 1. The van der Waals surface area contributed by atoms with Crippen LogP contribution in [0, 0.1) is 12.3 Å². The van der Waals surface area contributed by atoms with Gasteiger partial charge in [0.05, 0.1) is 18.9 Å². The molecule has 2 aromatic rings. The van der Waals surface area contributed by atoms with E-state index in [1.165, 1.54) is 22.5 Å². The quantitative estimate of drug-likeness (QED) is 0.0467. The largest absolute Gasteiger partial charge is 0.463 e. The van der Waals surface area contributed by atoms with Crippen molar-refractivity contribution in [3.63, 3.8) is 0 Å². The number of aromatic amines is 1. The van der Waals surface area contributed by atoms with E-state index in [0.29, 0.717) is 18.7 Å². The molecule has 1 aliphatic heterocycles. The molecule has 1 aliphatic rings. The summed E-state index contributed by atoms with van der Waals surface area (Å²) in [5, 5.41) is 6.87. The van der Waals surface area contributed by atoms with Crippen molar-refractivity contribution in [2.45, 2.75) is 76.3 Å². The van der Waals surface area contributed by atoms with Gasteiger partial charge in [-0.25, -0.2) is 4.79 Å². The highest BCUT2D eigenvalue weighted by molar-refractivity contribution is 7.99. The molecule has 1 fully saturated rings. The monoisotopic (exact) mass is 631 g/mol. The van der Waals surface area contributed by atoms with E-state index < -0.39 is 47.0 Å². The highest BCUT2D eigenvalue weighted by Gasteiger charge is 2.37. The van der Waals surface area contributed by atoms with Crippen LogP contribution in [-0.4, -0.2) is 58.6 Å². The molecule has 0 unspecified atom stereocenters. The molecule has 0 bridgehead atoms. The molecule has 1 aromatic carbocycles. The van der Waals surface area contributed by atoms with Crippen molar-refractivity contribution in [1.82, 2.24) is 14.9 Å². The molecule has 1 aromatic heterocycles. The van der Waals surface area contributed by atoms with Crippen molar-refractivity contribution in [3.8, 4) is 0 Å². The van der Waals surface area contributed by atoms with Crippen molar-refractivity contribution in [1.29, 1.82) is 0 Å². The number of ether oxygens (including phenoxy) is 3. The van der Waals surface area contributed by atoms with Gasteiger partial charge in [0.25, 0.3) is 5.56 Å². The van der Waals surface area contributed by atoms with E-state index in [-0.39, 0.29) is 44.1 Å². The molecule has 1 saturated heterocycles. The van der Waals surface area contributed by atoms with Crippen LogP contribution < -0.4 is 22.3 Å². The Morgan fingerprint density at radius 3 is 2.64 bits per heavy atom. The first kappa shape index (κ1) is 34.4. The lowest BCUT2D eigenvalue weighted by atomic mass is 9.86.